The van der Waals surface area contributed by atoms with E-state index in [9.17, 15) is 0 Å². The van der Waals surface area contributed by atoms with Crippen LogP contribution in [0.4, 0.5) is 0 Å². The predicted molar refractivity (Wildman–Crippen MR) is 77.5 cm³/mol. The van der Waals surface area contributed by atoms with Crippen LogP contribution >= 0.6 is 27.5 Å². The van der Waals surface area contributed by atoms with E-state index in [0.717, 1.165) is 42.7 Å². The maximum Gasteiger partial charge on any atom is 0.119 e. The highest BCUT2D eigenvalue weighted by atomic mass is 79.9. The Morgan fingerprint density at radius 3 is 2.72 bits per heavy atom. The van der Waals surface area contributed by atoms with Gasteiger partial charge >= 0.3 is 0 Å². The number of halogens is 2. The molecule has 1 aliphatic rings. The van der Waals surface area contributed by atoms with Gasteiger partial charge in [0.2, 0.25) is 0 Å². The van der Waals surface area contributed by atoms with E-state index < -0.39 is 0 Å². The van der Waals surface area contributed by atoms with Crippen molar-refractivity contribution in [2.24, 2.45) is 5.41 Å². The molecule has 1 aromatic carbocycles. The van der Waals surface area contributed by atoms with Gasteiger partial charge in [-0.15, -0.1) is 11.6 Å². The van der Waals surface area contributed by atoms with Crippen molar-refractivity contribution >= 4 is 27.5 Å². The molecule has 100 valence electrons. The summed E-state index contributed by atoms with van der Waals surface area (Å²) in [4.78, 5) is 0. The first kappa shape index (κ1) is 14.2. The van der Waals surface area contributed by atoms with Crippen molar-refractivity contribution in [3.05, 3.63) is 28.7 Å². The first-order valence-electron chi connectivity index (χ1n) is 6.26. The molecule has 1 saturated heterocycles. The van der Waals surface area contributed by atoms with Crippen molar-refractivity contribution in [2.45, 2.75) is 19.3 Å². The first-order chi connectivity index (χ1) is 8.74. The van der Waals surface area contributed by atoms with Gasteiger partial charge in [-0.1, -0.05) is 15.9 Å². The van der Waals surface area contributed by atoms with Crippen molar-refractivity contribution in [1.29, 1.82) is 0 Å². The third-order valence-electron chi connectivity index (χ3n) is 3.40. The lowest BCUT2D eigenvalue weighted by atomic mass is 9.82. The molecule has 2 nitrogen and oxygen atoms in total. The molecule has 0 N–H and O–H groups in total. The highest BCUT2D eigenvalue weighted by molar-refractivity contribution is 9.10. The van der Waals surface area contributed by atoms with Crippen molar-refractivity contribution in [3.63, 3.8) is 0 Å². The molecular formula is C14H18BrClO2. The van der Waals surface area contributed by atoms with Crippen LogP contribution in [0, 0.1) is 5.41 Å². The minimum atomic E-state index is 0.106. The van der Waals surface area contributed by atoms with Crippen LogP contribution in [-0.4, -0.2) is 25.7 Å². The van der Waals surface area contributed by atoms with E-state index in [4.69, 9.17) is 21.1 Å². The summed E-state index contributed by atoms with van der Waals surface area (Å²) in [5.74, 6) is 1.55. The quantitative estimate of drug-likeness (QED) is 0.750. The van der Waals surface area contributed by atoms with Gasteiger partial charge in [0.1, 0.15) is 5.75 Å². The van der Waals surface area contributed by atoms with Crippen LogP contribution in [0.15, 0.2) is 28.7 Å². The molecule has 0 amide bonds. The van der Waals surface area contributed by atoms with Crippen LogP contribution in [0.1, 0.15) is 19.3 Å². The Bertz CT molecular complexity index is 361. The zero-order valence-corrected chi connectivity index (χ0v) is 12.7. The third kappa shape index (κ3) is 3.87. The van der Waals surface area contributed by atoms with Crippen LogP contribution in [0.3, 0.4) is 0 Å². The van der Waals surface area contributed by atoms with Crippen LogP contribution in [0.2, 0.25) is 0 Å². The molecule has 1 unspecified atom stereocenters. The fraction of sp³-hybridized carbons (Fsp3) is 0.571. The second-order valence-corrected chi connectivity index (χ2v) is 6.03. The molecule has 2 rings (SSSR count). The fourth-order valence-electron chi connectivity index (χ4n) is 2.20. The van der Waals surface area contributed by atoms with Crippen molar-refractivity contribution in [1.82, 2.24) is 0 Å². The number of benzene rings is 1. The lowest BCUT2D eigenvalue weighted by Gasteiger charge is -2.35. The van der Waals surface area contributed by atoms with Gasteiger partial charge in [0, 0.05) is 22.4 Å². The summed E-state index contributed by atoms with van der Waals surface area (Å²) in [6.07, 6.45) is 3.19. The van der Waals surface area contributed by atoms with Crippen molar-refractivity contribution in [2.75, 3.05) is 25.7 Å². The molecule has 0 bridgehead atoms. The molecule has 1 aromatic rings. The summed E-state index contributed by atoms with van der Waals surface area (Å²) in [6.45, 7) is 2.32. The summed E-state index contributed by atoms with van der Waals surface area (Å²) in [5.41, 5.74) is 0.106. The smallest absolute Gasteiger partial charge is 0.119 e. The molecule has 0 spiro atoms. The molecule has 1 atom stereocenters. The number of ether oxygens (including phenoxy) is 2. The van der Waals surface area contributed by atoms with E-state index in [2.05, 4.69) is 15.9 Å². The average Bonchev–Trinajstić information content (AvgIpc) is 2.42. The zero-order chi connectivity index (χ0) is 12.8. The molecule has 0 aliphatic carbocycles. The third-order valence-corrected chi connectivity index (χ3v) is 4.50. The average molecular weight is 334 g/mol. The van der Waals surface area contributed by atoms with E-state index in [0.29, 0.717) is 12.5 Å². The minimum Gasteiger partial charge on any atom is -0.494 e. The number of hydrogen-bond donors (Lipinski definition) is 0. The molecule has 1 fully saturated rings. The molecule has 1 heterocycles. The van der Waals surface area contributed by atoms with Crippen LogP contribution in [0.5, 0.6) is 5.75 Å². The Morgan fingerprint density at radius 1 is 1.33 bits per heavy atom. The zero-order valence-electron chi connectivity index (χ0n) is 10.3. The van der Waals surface area contributed by atoms with Crippen molar-refractivity contribution < 1.29 is 9.47 Å². The highest BCUT2D eigenvalue weighted by Gasteiger charge is 2.31. The Morgan fingerprint density at radius 2 is 2.11 bits per heavy atom. The largest absolute Gasteiger partial charge is 0.494 e. The predicted octanol–water partition coefficient (Wildman–Crippen LogP) is 4.25. The van der Waals surface area contributed by atoms with Gasteiger partial charge < -0.3 is 9.47 Å². The SMILES string of the molecule is ClCC1(CCOc2ccc(Br)cc2)CCCOC1. The Kier molecular flexibility index (Phi) is 5.34. The van der Waals surface area contributed by atoms with Gasteiger partial charge in [0.25, 0.3) is 0 Å². The summed E-state index contributed by atoms with van der Waals surface area (Å²) < 4.78 is 12.4. The molecule has 0 saturated carbocycles. The van der Waals surface area contributed by atoms with Gasteiger partial charge in [-0.3, -0.25) is 0 Å². The number of alkyl halides is 1. The molecular weight excluding hydrogens is 316 g/mol. The maximum absolute atomic E-state index is 6.10. The summed E-state index contributed by atoms with van der Waals surface area (Å²) >= 11 is 9.50. The van der Waals surface area contributed by atoms with Crippen molar-refractivity contribution in [3.8, 4) is 5.75 Å². The van der Waals surface area contributed by atoms with E-state index in [-0.39, 0.29) is 5.41 Å². The summed E-state index contributed by atoms with van der Waals surface area (Å²) in [7, 11) is 0. The Balaban J connectivity index is 1.81. The van der Waals surface area contributed by atoms with E-state index in [1.807, 2.05) is 24.3 Å². The van der Waals surface area contributed by atoms with Gasteiger partial charge in [0.15, 0.2) is 0 Å². The van der Waals surface area contributed by atoms with Crippen LogP contribution < -0.4 is 4.74 Å². The highest BCUT2D eigenvalue weighted by Crippen LogP contribution is 2.33. The number of hydrogen-bond acceptors (Lipinski definition) is 2. The first-order valence-corrected chi connectivity index (χ1v) is 7.59. The maximum atomic E-state index is 6.10. The summed E-state index contributed by atoms with van der Waals surface area (Å²) in [5, 5.41) is 0. The number of rotatable bonds is 5. The molecule has 1 aliphatic heterocycles. The molecule has 0 aromatic heterocycles. The Hall–Kier alpha value is -0.250. The Labute approximate surface area is 122 Å². The van der Waals surface area contributed by atoms with Gasteiger partial charge in [-0.2, -0.15) is 0 Å². The second kappa shape index (κ2) is 6.78. The molecule has 0 radical (unpaired) electrons. The van der Waals surface area contributed by atoms with Crippen LogP contribution in [-0.2, 0) is 4.74 Å². The molecule has 18 heavy (non-hydrogen) atoms. The van der Waals surface area contributed by atoms with Crippen LogP contribution in [0.25, 0.3) is 0 Å². The fourth-order valence-corrected chi connectivity index (χ4v) is 2.80. The van der Waals surface area contributed by atoms with Gasteiger partial charge in [0.05, 0.1) is 13.2 Å². The minimum absolute atomic E-state index is 0.106. The molecule has 4 heteroatoms. The standard InChI is InChI=1S/C14H18BrClO2/c15-12-2-4-13(5-3-12)18-9-7-14(10-16)6-1-8-17-11-14/h2-5H,1,6-11H2. The lowest BCUT2D eigenvalue weighted by molar-refractivity contribution is -0.00604. The van der Waals surface area contributed by atoms with Gasteiger partial charge in [-0.25, -0.2) is 0 Å². The van der Waals surface area contributed by atoms with E-state index in [1.165, 1.54) is 0 Å². The van der Waals surface area contributed by atoms with E-state index in [1.54, 1.807) is 0 Å². The van der Waals surface area contributed by atoms with Gasteiger partial charge in [-0.05, 0) is 43.5 Å². The normalized spacial score (nSPS) is 23.9. The topological polar surface area (TPSA) is 18.5 Å². The summed E-state index contributed by atoms with van der Waals surface area (Å²) in [6, 6.07) is 7.90. The second-order valence-electron chi connectivity index (χ2n) is 4.84. The lowest BCUT2D eigenvalue weighted by Crippen LogP contribution is -2.35. The monoisotopic (exact) mass is 332 g/mol. The van der Waals surface area contributed by atoms with E-state index >= 15 is 0 Å².